The number of ether oxygens (including phenoxy) is 1. The number of carboxylic acids is 1. The molecule has 0 saturated carbocycles. The van der Waals surface area contributed by atoms with Gasteiger partial charge in [0.2, 0.25) is 0 Å². The van der Waals surface area contributed by atoms with E-state index in [4.69, 9.17) is 5.11 Å². The lowest BCUT2D eigenvalue weighted by Gasteiger charge is -2.32. The van der Waals surface area contributed by atoms with Crippen molar-refractivity contribution in [2.75, 3.05) is 6.61 Å². The van der Waals surface area contributed by atoms with Gasteiger partial charge >= 0.3 is 30.2 Å². The molecule has 0 radical (unpaired) electrons. The predicted molar refractivity (Wildman–Crippen MR) is 57.7 cm³/mol. The Morgan fingerprint density at radius 2 is 1.64 bits per heavy atom. The van der Waals surface area contributed by atoms with E-state index in [9.17, 15) is 39.9 Å². The summed E-state index contributed by atoms with van der Waals surface area (Å²) in [7, 11) is 0. The second-order valence-electron chi connectivity index (χ2n) is 4.37. The van der Waals surface area contributed by atoms with E-state index in [1.54, 1.807) is 0 Å². The number of hydrogen-bond donors (Lipinski definition) is 1. The first-order valence-electron chi connectivity index (χ1n) is 5.61. The summed E-state index contributed by atoms with van der Waals surface area (Å²) >= 11 is 0. The quantitative estimate of drug-likeness (QED) is 0.541. The largest absolute Gasteiger partial charge is 0.478 e. The van der Waals surface area contributed by atoms with Gasteiger partial charge in [0.05, 0.1) is 6.10 Å². The zero-order chi connectivity index (χ0) is 17.9. The molecule has 0 aliphatic carbocycles. The molecule has 0 rings (SSSR count). The molecule has 0 bridgehead atoms. The first kappa shape index (κ1) is 20.6. The van der Waals surface area contributed by atoms with Crippen molar-refractivity contribution in [1.82, 2.24) is 0 Å². The van der Waals surface area contributed by atoms with Gasteiger partial charge in [0.25, 0.3) is 0 Å². The van der Waals surface area contributed by atoms with Gasteiger partial charge in [-0.05, 0) is 19.9 Å². The average molecular weight is 344 g/mol. The van der Waals surface area contributed by atoms with Crippen LogP contribution in [0.25, 0.3) is 0 Å². The van der Waals surface area contributed by atoms with Crippen LogP contribution in [0.1, 0.15) is 13.8 Å². The molecule has 1 N–H and O–H groups in total. The summed E-state index contributed by atoms with van der Waals surface area (Å²) in [5.74, 6) is -19.6. The van der Waals surface area contributed by atoms with Crippen molar-refractivity contribution in [3.05, 3.63) is 11.6 Å². The molecule has 0 aliphatic rings. The smallest absolute Gasteiger partial charge is 0.380 e. The number of carbonyl (C=O) groups is 1. The topological polar surface area (TPSA) is 46.5 Å². The van der Waals surface area contributed by atoms with Crippen LogP contribution >= 0.6 is 0 Å². The van der Waals surface area contributed by atoms with Crippen molar-refractivity contribution in [1.29, 1.82) is 0 Å². The molecule has 130 valence electrons. The fourth-order valence-electron chi connectivity index (χ4n) is 1.18. The van der Waals surface area contributed by atoms with Gasteiger partial charge in [0.15, 0.2) is 0 Å². The summed E-state index contributed by atoms with van der Waals surface area (Å²) in [4.78, 5) is 10.4. The Kier molecular flexibility index (Phi) is 6.37. The Hall–Kier alpha value is -1.39. The second kappa shape index (κ2) is 6.80. The van der Waals surface area contributed by atoms with Crippen LogP contribution in [0.2, 0.25) is 0 Å². The van der Waals surface area contributed by atoms with E-state index in [0.717, 1.165) is 19.9 Å². The van der Waals surface area contributed by atoms with Crippen LogP contribution in [0.5, 0.6) is 0 Å². The number of aliphatic carboxylic acids is 1. The van der Waals surface area contributed by atoms with Crippen molar-refractivity contribution >= 4 is 5.97 Å². The van der Waals surface area contributed by atoms with Crippen LogP contribution in [0.3, 0.4) is 0 Å². The first-order valence-corrected chi connectivity index (χ1v) is 5.61. The molecule has 0 saturated heterocycles. The van der Waals surface area contributed by atoms with Gasteiger partial charge in [0, 0.05) is 5.57 Å². The molecule has 1 atom stereocenters. The van der Waals surface area contributed by atoms with Crippen LogP contribution in [0.15, 0.2) is 11.6 Å². The molecule has 0 aromatic heterocycles. The van der Waals surface area contributed by atoms with Gasteiger partial charge in [-0.2, -0.15) is 26.3 Å². The number of hydrogen-bond acceptors (Lipinski definition) is 2. The highest BCUT2D eigenvalue weighted by Gasteiger charge is 2.75. The van der Waals surface area contributed by atoms with Gasteiger partial charge in [0.1, 0.15) is 6.61 Å². The van der Waals surface area contributed by atoms with Gasteiger partial charge in [-0.15, -0.1) is 0 Å². The van der Waals surface area contributed by atoms with Crippen molar-refractivity contribution < 1.29 is 49.8 Å². The van der Waals surface area contributed by atoms with E-state index in [2.05, 4.69) is 4.74 Å². The summed E-state index contributed by atoms with van der Waals surface area (Å²) in [5, 5.41) is 8.48. The third-order valence-electron chi connectivity index (χ3n) is 2.50. The van der Waals surface area contributed by atoms with Crippen molar-refractivity contribution in [2.45, 2.75) is 44.1 Å². The Balaban J connectivity index is 5.05. The van der Waals surface area contributed by atoms with E-state index < -0.39 is 42.9 Å². The highest BCUT2D eigenvalue weighted by molar-refractivity contribution is 5.85. The van der Waals surface area contributed by atoms with Gasteiger partial charge in [-0.1, -0.05) is 0 Å². The third-order valence-corrected chi connectivity index (χ3v) is 2.50. The zero-order valence-corrected chi connectivity index (χ0v) is 11.2. The number of halogens is 8. The van der Waals surface area contributed by atoms with Crippen LogP contribution in [-0.2, 0) is 9.53 Å². The molecule has 0 aromatic carbocycles. The highest BCUT2D eigenvalue weighted by Crippen LogP contribution is 2.48. The summed E-state index contributed by atoms with van der Waals surface area (Å²) in [6.45, 7) is -0.279. The summed E-state index contributed by atoms with van der Waals surface area (Å²) in [6, 6.07) is 0. The average Bonchev–Trinajstić information content (AvgIpc) is 2.35. The normalized spacial score (nSPS) is 16.0. The van der Waals surface area contributed by atoms with Crippen LogP contribution in [-0.4, -0.2) is 48.0 Å². The maximum atomic E-state index is 13.1. The lowest BCUT2D eigenvalue weighted by molar-refractivity contribution is -0.346. The minimum Gasteiger partial charge on any atom is -0.478 e. The third kappa shape index (κ3) is 4.31. The van der Waals surface area contributed by atoms with Gasteiger partial charge < -0.3 is 9.84 Å². The molecule has 0 aliphatic heterocycles. The molecule has 22 heavy (non-hydrogen) atoms. The SMILES string of the molecule is CC(=CC(C)OCC(F)(F)C(F)(F)C(F)(F)C(F)F)C(=O)O. The fraction of sp³-hybridized carbons (Fsp3) is 0.727. The number of carboxylic acid groups (broad SMARTS) is 1. The van der Waals surface area contributed by atoms with Crippen LogP contribution in [0.4, 0.5) is 35.1 Å². The summed E-state index contributed by atoms with van der Waals surface area (Å²) in [5.41, 5.74) is -0.375. The molecule has 11 heteroatoms. The predicted octanol–water partition coefficient (Wildman–Crippen LogP) is 3.59. The first-order chi connectivity index (χ1) is 9.66. The maximum Gasteiger partial charge on any atom is 0.380 e. The zero-order valence-electron chi connectivity index (χ0n) is 11.2. The molecule has 0 aromatic rings. The van der Waals surface area contributed by atoms with Crippen LogP contribution < -0.4 is 0 Å². The monoisotopic (exact) mass is 344 g/mol. The number of rotatable bonds is 8. The summed E-state index contributed by atoms with van der Waals surface area (Å²) < 4.78 is 105. The molecule has 0 spiro atoms. The molecule has 0 amide bonds. The molecular formula is C11H12F8O3. The highest BCUT2D eigenvalue weighted by atomic mass is 19.4. The van der Waals surface area contributed by atoms with E-state index in [-0.39, 0.29) is 5.57 Å². The number of alkyl halides is 8. The Morgan fingerprint density at radius 1 is 1.18 bits per heavy atom. The molecule has 1 unspecified atom stereocenters. The van der Waals surface area contributed by atoms with E-state index in [1.165, 1.54) is 0 Å². The molecule has 0 fully saturated rings. The Labute approximate surface area is 119 Å². The van der Waals surface area contributed by atoms with E-state index in [1.807, 2.05) is 0 Å². The minimum atomic E-state index is -6.35. The van der Waals surface area contributed by atoms with Crippen molar-refractivity contribution in [3.63, 3.8) is 0 Å². The maximum absolute atomic E-state index is 13.1. The van der Waals surface area contributed by atoms with Gasteiger partial charge in [-0.25, -0.2) is 13.6 Å². The lowest BCUT2D eigenvalue weighted by atomic mass is 10.1. The van der Waals surface area contributed by atoms with Crippen molar-refractivity contribution in [3.8, 4) is 0 Å². The minimum absolute atomic E-state index is 0.375. The Morgan fingerprint density at radius 3 is 2.00 bits per heavy atom. The molecular weight excluding hydrogens is 332 g/mol. The standard InChI is InChI=1S/C11H12F8O3/c1-5(7(20)21)3-6(2)22-4-9(14,15)11(18,19)10(16,17)8(12)13/h3,6,8H,4H2,1-2H3,(H,20,21). The van der Waals surface area contributed by atoms with Crippen molar-refractivity contribution in [2.24, 2.45) is 0 Å². The molecule has 0 heterocycles. The van der Waals surface area contributed by atoms with E-state index >= 15 is 0 Å². The second-order valence-corrected chi connectivity index (χ2v) is 4.37. The molecule has 3 nitrogen and oxygen atoms in total. The fourth-order valence-corrected chi connectivity index (χ4v) is 1.18. The lowest BCUT2D eigenvalue weighted by Crippen LogP contribution is -2.59. The van der Waals surface area contributed by atoms with Gasteiger partial charge in [-0.3, -0.25) is 0 Å². The Bertz CT molecular complexity index is 433. The van der Waals surface area contributed by atoms with Crippen LogP contribution in [0, 0.1) is 0 Å². The van der Waals surface area contributed by atoms with E-state index in [0.29, 0.717) is 0 Å². The summed E-state index contributed by atoms with van der Waals surface area (Å²) in [6.07, 6.45) is -5.69.